The van der Waals surface area contributed by atoms with Gasteiger partial charge in [-0.1, -0.05) is 24.3 Å². The van der Waals surface area contributed by atoms with Gasteiger partial charge in [-0.05, 0) is 30.4 Å². The smallest absolute Gasteiger partial charge is 0.255 e. The van der Waals surface area contributed by atoms with Crippen LogP contribution in [0.15, 0.2) is 53.6 Å². The fourth-order valence-electron chi connectivity index (χ4n) is 3.69. The van der Waals surface area contributed by atoms with E-state index >= 15 is 0 Å². The lowest BCUT2D eigenvalue weighted by Crippen LogP contribution is -2.41. The molecule has 1 saturated carbocycles. The van der Waals surface area contributed by atoms with Crippen molar-refractivity contribution < 1.29 is 14.6 Å². The SMILES string of the molecule is COc1ccc([C@H](NC(=O)c2c[nH]c(=O)c3ccccc23)C2CC(O)C2)cn1. The normalized spacial score (nSPS) is 19.6. The van der Waals surface area contributed by atoms with Crippen LogP contribution in [0.2, 0.25) is 0 Å². The third-order valence-electron chi connectivity index (χ3n) is 5.29. The Morgan fingerprint density at radius 1 is 1.25 bits per heavy atom. The van der Waals surface area contributed by atoms with Crippen molar-refractivity contribution in [3.05, 3.63) is 70.3 Å². The van der Waals surface area contributed by atoms with Gasteiger partial charge < -0.3 is 20.1 Å². The van der Waals surface area contributed by atoms with Crippen LogP contribution in [0.1, 0.15) is 34.8 Å². The number of carbonyl (C=O) groups is 1. The van der Waals surface area contributed by atoms with Gasteiger partial charge in [-0.15, -0.1) is 0 Å². The molecule has 0 bridgehead atoms. The summed E-state index contributed by atoms with van der Waals surface area (Å²) < 4.78 is 5.10. The second kappa shape index (κ2) is 7.44. The Bertz CT molecular complexity index is 1060. The molecule has 0 spiro atoms. The number of aliphatic hydroxyl groups excluding tert-OH is 1. The van der Waals surface area contributed by atoms with Crippen LogP contribution in [0.5, 0.6) is 5.88 Å². The van der Waals surface area contributed by atoms with Crippen molar-refractivity contribution >= 4 is 16.7 Å². The van der Waals surface area contributed by atoms with Crippen molar-refractivity contribution in [2.24, 2.45) is 5.92 Å². The third-order valence-corrected chi connectivity index (χ3v) is 5.29. The molecule has 144 valence electrons. The van der Waals surface area contributed by atoms with Gasteiger partial charge >= 0.3 is 0 Å². The van der Waals surface area contributed by atoms with Crippen molar-refractivity contribution in [3.8, 4) is 5.88 Å². The molecular weight excluding hydrogens is 358 g/mol. The van der Waals surface area contributed by atoms with E-state index < -0.39 is 0 Å². The number of benzene rings is 1. The Hall–Kier alpha value is -3.19. The Balaban J connectivity index is 1.66. The third kappa shape index (κ3) is 3.36. The Labute approximate surface area is 161 Å². The van der Waals surface area contributed by atoms with E-state index in [2.05, 4.69) is 15.3 Å². The Kier molecular flexibility index (Phi) is 4.83. The lowest BCUT2D eigenvalue weighted by atomic mass is 9.75. The zero-order valence-electron chi connectivity index (χ0n) is 15.4. The molecule has 1 aliphatic rings. The number of nitrogens with one attached hydrogen (secondary N) is 2. The van der Waals surface area contributed by atoms with Gasteiger partial charge in [0.15, 0.2) is 0 Å². The molecule has 3 aromatic rings. The van der Waals surface area contributed by atoms with Gasteiger partial charge in [-0.25, -0.2) is 4.98 Å². The minimum atomic E-state index is -0.343. The second-order valence-corrected chi connectivity index (χ2v) is 7.05. The van der Waals surface area contributed by atoms with Crippen LogP contribution in [0, 0.1) is 5.92 Å². The van der Waals surface area contributed by atoms with Gasteiger partial charge in [0.2, 0.25) is 5.88 Å². The number of ether oxygens (including phenoxy) is 1. The van der Waals surface area contributed by atoms with Crippen LogP contribution in [-0.2, 0) is 0 Å². The summed E-state index contributed by atoms with van der Waals surface area (Å²) in [5, 5.41) is 13.9. The monoisotopic (exact) mass is 379 g/mol. The number of aromatic nitrogens is 2. The second-order valence-electron chi connectivity index (χ2n) is 7.05. The number of methoxy groups -OCH3 is 1. The highest BCUT2D eigenvalue weighted by Crippen LogP contribution is 2.38. The molecule has 0 aliphatic heterocycles. The summed E-state index contributed by atoms with van der Waals surface area (Å²) in [5.41, 5.74) is 1.02. The van der Waals surface area contributed by atoms with E-state index in [4.69, 9.17) is 4.74 Å². The molecular formula is C21H21N3O4. The molecule has 2 aromatic heterocycles. The average molecular weight is 379 g/mol. The van der Waals surface area contributed by atoms with Crippen molar-refractivity contribution in [3.63, 3.8) is 0 Å². The molecule has 0 unspecified atom stereocenters. The molecule has 0 radical (unpaired) electrons. The number of rotatable bonds is 5. The van der Waals surface area contributed by atoms with Gasteiger partial charge in [0, 0.05) is 29.2 Å². The standard InChI is InChI=1S/C21H21N3O4/c1-28-18-7-6-12(10-22-18)19(13-8-14(25)9-13)24-21(27)17-11-23-20(26)16-5-3-2-4-15(16)17/h2-7,10-11,13-14,19,25H,8-9H2,1H3,(H,23,26)(H,24,27)/t13?,14?,19-/m0/s1. The lowest BCUT2D eigenvalue weighted by molar-refractivity contribution is 0.0234. The highest BCUT2D eigenvalue weighted by Gasteiger charge is 2.36. The minimum Gasteiger partial charge on any atom is -0.481 e. The van der Waals surface area contributed by atoms with E-state index in [1.807, 2.05) is 6.07 Å². The number of nitrogens with zero attached hydrogens (tertiary/aromatic N) is 1. The largest absolute Gasteiger partial charge is 0.481 e. The molecule has 4 rings (SSSR count). The summed E-state index contributed by atoms with van der Waals surface area (Å²) >= 11 is 0. The van der Waals surface area contributed by atoms with E-state index in [9.17, 15) is 14.7 Å². The van der Waals surface area contributed by atoms with Crippen molar-refractivity contribution in [2.75, 3.05) is 7.11 Å². The van der Waals surface area contributed by atoms with Crippen LogP contribution in [0.4, 0.5) is 0 Å². The fourth-order valence-corrected chi connectivity index (χ4v) is 3.69. The number of aromatic amines is 1. The number of fused-ring (bicyclic) bond motifs is 1. The molecule has 7 heteroatoms. The predicted octanol–water partition coefficient (Wildman–Crippen LogP) is 2.17. The Morgan fingerprint density at radius 2 is 2.00 bits per heavy atom. The van der Waals surface area contributed by atoms with Gasteiger partial charge in [0.05, 0.1) is 24.8 Å². The number of pyridine rings is 2. The maximum absolute atomic E-state index is 13.1. The number of H-pyrrole nitrogens is 1. The first-order valence-electron chi connectivity index (χ1n) is 9.16. The average Bonchev–Trinajstić information content (AvgIpc) is 2.70. The summed E-state index contributed by atoms with van der Waals surface area (Å²) in [6.45, 7) is 0. The van der Waals surface area contributed by atoms with Crippen molar-refractivity contribution in [2.45, 2.75) is 25.0 Å². The number of hydrogen-bond donors (Lipinski definition) is 3. The van der Waals surface area contributed by atoms with Crippen LogP contribution in [0.3, 0.4) is 0 Å². The summed E-state index contributed by atoms with van der Waals surface area (Å²) in [7, 11) is 1.55. The Morgan fingerprint density at radius 3 is 2.64 bits per heavy atom. The molecule has 1 aliphatic carbocycles. The summed E-state index contributed by atoms with van der Waals surface area (Å²) in [5.74, 6) is 0.326. The first-order chi connectivity index (χ1) is 13.6. The molecule has 2 heterocycles. The predicted molar refractivity (Wildman–Crippen MR) is 104 cm³/mol. The van der Waals surface area contributed by atoms with Crippen LogP contribution in [-0.4, -0.2) is 34.2 Å². The zero-order chi connectivity index (χ0) is 19.7. The van der Waals surface area contributed by atoms with E-state index in [1.165, 1.54) is 6.20 Å². The fraction of sp³-hybridized carbons (Fsp3) is 0.286. The topological polar surface area (TPSA) is 104 Å². The summed E-state index contributed by atoms with van der Waals surface area (Å²) in [6, 6.07) is 10.3. The van der Waals surface area contributed by atoms with Crippen LogP contribution < -0.4 is 15.6 Å². The molecule has 1 fully saturated rings. The maximum atomic E-state index is 13.1. The first kappa shape index (κ1) is 18.2. The zero-order valence-corrected chi connectivity index (χ0v) is 15.4. The summed E-state index contributed by atoms with van der Waals surface area (Å²) in [4.78, 5) is 32.0. The number of aliphatic hydroxyl groups is 1. The first-order valence-corrected chi connectivity index (χ1v) is 9.16. The van der Waals surface area contributed by atoms with Crippen molar-refractivity contribution in [1.29, 1.82) is 0 Å². The highest BCUT2D eigenvalue weighted by molar-refractivity contribution is 6.06. The molecule has 28 heavy (non-hydrogen) atoms. The van der Waals surface area contributed by atoms with Gasteiger partial charge in [0.25, 0.3) is 11.5 Å². The minimum absolute atomic E-state index is 0.114. The molecule has 1 aromatic carbocycles. The van der Waals surface area contributed by atoms with Gasteiger partial charge in [0.1, 0.15) is 0 Å². The summed E-state index contributed by atoms with van der Waals surface area (Å²) in [6.07, 6.45) is 4.01. The number of amides is 1. The lowest BCUT2D eigenvalue weighted by Gasteiger charge is -2.38. The maximum Gasteiger partial charge on any atom is 0.255 e. The van der Waals surface area contributed by atoms with Crippen molar-refractivity contribution in [1.82, 2.24) is 15.3 Å². The van der Waals surface area contributed by atoms with Gasteiger partial charge in [-0.3, -0.25) is 9.59 Å². The van der Waals surface area contributed by atoms with E-state index in [0.29, 0.717) is 35.1 Å². The number of carbonyl (C=O) groups excluding carboxylic acids is 1. The van der Waals surface area contributed by atoms with Gasteiger partial charge in [-0.2, -0.15) is 0 Å². The van der Waals surface area contributed by atoms with E-state index in [1.54, 1.807) is 43.6 Å². The van der Waals surface area contributed by atoms with Crippen LogP contribution in [0.25, 0.3) is 10.8 Å². The van der Waals surface area contributed by atoms with Crippen LogP contribution >= 0.6 is 0 Å². The molecule has 1 atom stereocenters. The molecule has 0 saturated heterocycles. The molecule has 7 nitrogen and oxygen atoms in total. The molecule has 3 N–H and O–H groups in total. The number of hydrogen-bond acceptors (Lipinski definition) is 5. The van der Waals surface area contributed by atoms with E-state index in [0.717, 1.165) is 5.56 Å². The highest BCUT2D eigenvalue weighted by atomic mass is 16.5. The molecule has 1 amide bonds. The van der Waals surface area contributed by atoms with E-state index in [-0.39, 0.29) is 29.5 Å². The quantitative estimate of drug-likeness (QED) is 0.630.